The number of hydrogen-bond acceptors (Lipinski definition) is 1. The molecule has 1 rings (SSSR count). The molecule has 0 bridgehead atoms. The molecule has 1 aliphatic heterocycles. The Morgan fingerprint density at radius 2 is 2.11 bits per heavy atom. The highest BCUT2D eigenvalue weighted by atomic mass is 14.9. The fourth-order valence-electron chi connectivity index (χ4n) is 1.18. The fourth-order valence-corrected chi connectivity index (χ4v) is 1.18. The number of rotatable bonds is 0. The van der Waals surface area contributed by atoms with E-state index in [1.54, 1.807) is 0 Å². The molecule has 0 saturated carbocycles. The average Bonchev–Trinajstić information content (AvgIpc) is 1.90. The number of allylic oxidation sites excluding steroid dienone is 2. The van der Waals surface area contributed by atoms with Crippen LogP contribution in [0.1, 0.15) is 33.1 Å². The SMILES string of the molecule is CC(C)=C1CCCCN1. The Morgan fingerprint density at radius 3 is 2.44 bits per heavy atom. The molecule has 1 heterocycles. The Kier molecular flexibility index (Phi) is 2.15. The van der Waals surface area contributed by atoms with Crippen molar-refractivity contribution in [1.82, 2.24) is 5.32 Å². The molecule has 1 saturated heterocycles. The quantitative estimate of drug-likeness (QED) is 0.522. The summed E-state index contributed by atoms with van der Waals surface area (Å²) >= 11 is 0. The van der Waals surface area contributed by atoms with Gasteiger partial charge in [-0.15, -0.1) is 0 Å². The van der Waals surface area contributed by atoms with Gasteiger partial charge >= 0.3 is 0 Å². The highest BCUT2D eigenvalue weighted by molar-refractivity contribution is 5.08. The van der Waals surface area contributed by atoms with Gasteiger partial charge in [0.2, 0.25) is 0 Å². The number of piperidine rings is 1. The van der Waals surface area contributed by atoms with E-state index in [4.69, 9.17) is 0 Å². The lowest BCUT2D eigenvalue weighted by atomic mass is 10.1. The molecule has 9 heavy (non-hydrogen) atoms. The summed E-state index contributed by atoms with van der Waals surface area (Å²) in [4.78, 5) is 0. The van der Waals surface area contributed by atoms with Gasteiger partial charge in [-0.3, -0.25) is 0 Å². The molecule has 0 atom stereocenters. The summed E-state index contributed by atoms with van der Waals surface area (Å²) in [6.45, 7) is 5.53. The zero-order chi connectivity index (χ0) is 6.69. The molecule has 1 heteroatoms. The van der Waals surface area contributed by atoms with Gasteiger partial charge in [-0.25, -0.2) is 0 Å². The van der Waals surface area contributed by atoms with Crippen LogP contribution in [0.25, 0.3) is 0 Å². The molecule has 1 N–H and O–H groups in total. The maximum atomic E-state index is 3.40. The summed E-state index contributed by atoms with van der Waals surface area (Å²) in [6, 6.07) is 0. The molecule has 0 aromatic carbocycles. The molecule has 1 fully saturated rings. The van der Waals surface area contributed by atoms with Crippen molar-refractivity contribution in [2.24, 2.45) is 0 Å². The molecule has 1 aliphatic rings. The first-order valence-electron chi connectivity index (χ1n) is 3.71. The van der Waals surface area contributed by atoms with Crippen molar-refractivity contribution < 1.29 is 0 Å². The van der Waals surface area contributed by atoms with E-state index >= 15 is 0 Å². The Balaban J connectivity index is 2.49. The lowest BCUT2D eigenvalue weighted by molar-refractivity contribution is 0.581. The average molecular weight is 125 g/mol. The smallest absolute Gasteiger partial charge is 0.0144 e. The van der Waals surface area contributed by atoms with Gasteiger partial charge in [0.05, 0.1) is 0 Å². The molecule has 0 aromatic rings. The van der Waals surface area contributed by atoms with Crippen molar-refractivity contribution in [2.75, 3.05) is 6.54 Å². The molecule has 52 valence electrons. The molecule has 0 aliphatic carbocycles. The minimum atomic E-state index is 1.18. The van der Waals surface area contributed by atoms with Gasteiger partial charge < -0.3 is 5.32 Å². The second kappa shape index (κ2) is 2.90. The largest absolute Gasteiger partial charge is 0.388 e. The van der Waals surface area contributed by atoms with Gasteiger partial charge in [-0.1, -0.05) is 5.57 Å². The van der Waals surface area contributed by atoms with Gasteiger partial charge in [0.15, 0.2) is 0 Å². The monoisotopic (exact) mass is 125 g/mol. The molecular weight excluding hydrogens is 110 g/mol. The fraction of sp³-hybridized carbons (Fsp3) is 0.750. The lowest BCUT2D eigenvalue weighted by Gasteiger charge is -2.17. The summed E-state index contributed by atoms with van der Waals surface area (Å²) in [7, 11) is 0. The highest BCUT2D eigenvalue weighted by Crippen LogP contribution is 2.13. The van der Waals surface area contributed by atoms with E-state index in [1.165, 1.54) is 37.1 Å². The zero-order valence-electron chi connectivity index (χ0n) is 6.33. The van der Waals surface area contributed by atoms with E-state index in [1.807, 2.05) is 0 Å². The Bertz CT molecular complexity index is 113. The van der Waals surface area contributed by atoms with E-state index in [0.717, 1.165) is 0 Å². The normalized spacial score (nSPS) is 19.1. The first kappa shape index (κ1) is 6.66. The third kappa shape index (κ3) is 1.74. The third-order valence-electron chi connectivity index (χ3n) is 1.80. The standard InChI is InChI=1S/C8H15N/c1-7(2)8-5-3-4-6-9-8/h9H,3-6H2,1-2H3. The van der Waals surface area contributed by atoms with Crippen LogP contribution in [0.3, 0.4) is 0 Å². The molecule has 1 nitrogen and oxygen atoms in total. The maximum Gasteiger partial charge on any atom is 0.0144 e. The van der Waals surface area contributed by atoms with E-state index in [0.29, 0.717) is 0 Å². The summed E-state index contributed by atoms with van der Waals surface area (Å²) in [5, 5.41) is 3.40. The van der Waals surface area contributed by atoms with Gasteiger partial charge in [-0.05, 0) is 33.1 Å². The zero-order valence-corrected chi connectivity index (χ0v) is 6.33. The van der Waals surface area contributed by atoms with Crippen molar-refractivity contribution in [1.29, 1.82) is 0 Å². The van der Waals surface area contributed by atoms with E-state index in [-0.39, 0.29) is 0 Å². The summed E-state index contributed by atoms with van der Waals surface area (Å²) in [5.41, 5.74) is 2.93. The number of hydrogen-bond donors (Lipinski definition) is 1. The van der Waals surface area contributed by atoms with E-state index < -0.39 is 0 Å². The predicted octanol–water partition coefficient (Wildman–Crippen LogP) is 2.05. The van der Waals surface area contributed by atoms with Gasteiger partial charge in [0, 0.05) is 12.2 Å². The summed E-state index contributed by atoms with van der Waals surface area (Å²) in [5.74, 6) is 0. The van der Waals surface area contributed by atoms with Gasteiger partial charge in [0.1, 0.15) is 0 Å². The van der Waals surface area contributed by atoms with Crippen molar-refractivity contribution in [2.45, 2.75) is 33.1 Å². The van der Waals surface area contributed by atoms with Crippen molar-refractivity contribution in [3.63, 3.8) is 0 Å². The first-order chi connectivity index (χ1) is 4.30. The van der Waals surface area contributed by atoms with Crippen molar-refractivity contribution in [3.05, 3.63) is 11.3 Å². The molecule has 0 radical (unpaired) electrons. The lowest BCUT2D eigenvalue weighted by Crippen LogP contribution is -2.20. The molecule has 0 aromatic heterocycles. The minimum absolute atomic E-state index is 1.18. The van der Waals surface area contributed by atoms with Crippen molar-refractivity contribution >= 4 is 0 Å². The van der Waals surface area contributed by atoms with Crippen LogP contribution in [0.5, 0.6) is 0 Å². The van der Waals surface area contributed by atoms with Crippen LogP contribution < -0.4 is 5.32 Å². The summed E-state index contributed by atoms with van der Waals surface area (Å²) < 4.78 is 0. The second-order valence-electron chi connectivity index (χ2n) is 2.86. The van der Waals surface area contributed by atoms with Gasteiger partial charge in [0.25, 0.3) is 0 Å². The van der Waals surface area contributed by atoms with Crippen LogP contribution in [-0.4, -0.2) is 6.54 Å². The molecule has 0 spiro atoms. The van der Waals surface area contributed by atoms with E-state index in [9.17, 15) is 0 Å². The Labute approximate surface area is 57.1 Å². The van der Waals surface area contributed by atoms with Crippen LogP contribution in [0.4, 0.5) is 0 Å². The number of nitrogens with one attached hydrogen (secondary N) is 1. The minimum Gasteiger partial charge on any atom is -0.388 e. The predicted molar refractivity (Wildman–Crippen MR) is 40.2 cm³/mol. The van der Waals surface area contributed by atoms with Crippen LogP contribution in [0, 0.1) is 0 Å². The van der Waals surface area contributed by atoms with Crippen LogP contribution in [-0.2, 0) is 0 Å². The van der Waals surface area contributed by atoms with Crippen LogP contribution in [0.15, 0.2) is 11.3 Å². The van der Waals surface area contributed by atoms with Crippen LogP contribution >= 0.6 is 0 Å². The van der Waals surface area contributed by atoms with Crippen LogP contribution in [0.2, 0.25) is 0 Å². The highest BCUT2D eigenvalue weighted by Gasteiger charge is 2.03. The maximum absolute atomic E-state index is 3.40. The molecular formula is C8H15N. The molecule has 0 unspecified atom stereocenters. The Hall–Kier alpha value is -0.460. The topological polar surface area (TPSA) is 12.0 Å². The molecule has 0 amide bonds. The van der Waals surface area contributed by atoms with E-state index in [2.05, 4.69) is 19.2 Å². The second-order valence-corrected chi connectivity index (χ2v) is 2.86. The Morgan fingerprint density at radius 1 is 1.33 bits per heavy atom. The van der Waals surface area contributed by atoms with Crippen molar-refractivity contribution in [3.8, 4) is 0 Å². The third-order valence-corrected chi connectivity index (χ3v) is 1.80. The first-order valence-corrected chi connectivity index (χ1v) is 3.71. The summed E-state index contributed by atoms with van der Waals surface area (Å²) in [6.07, 6.45) is 3.98. The van der Waals surface area contributed by atoms with Gasteiger partial charge in [-0.2, -0.15) is 0 Å².